The standard InChI is InChI=1S/C5H4Cl2N4O/c6-3-2(1-9-12)4(7)11-5(8)10-3/h1,12H,(H2,8,10,11). The van der Waals surface area contributed by atoms with Crippen LogP contribution in [0.4, 0.5) is 5.95 Å². The summed E-state index contributed by atoms with van der Waals surface area (Å²) in [4.78, 5) is 7.20. The fraction of sp³-hybridized carbons (Fsp3) is 0. The summed E-state index contributed by atoms with van der Waals surface area (Å²) in [6.45, 7) is 0. The Bertz CT molecular complexity index is 304. The molecule has 0 atom stereocenters. The van der Waals surface area contributed by atoms with E-state index in [-0.39, 0.29) is 21.8 Å². The molecule has 0 aliphatic heterocycles. The van der Waals surface area contributed by atoms with Gasteiger partial charge in [0.05, 0.1) is 11.8 Å². The summed E-state index contributed by atoms with van der Waals surface area (Å²) in [5, 5.41) is 11.0. The first-order valence-electron chi connectivity index (χ1n) is 2.81. The molecule has 1 aromatic rings. The maximum absolute atomic E-state index is 8.20. The van der Waals surface area contributed by atoms with Crippen molar-refractivity contribution in [3.05, 3.63) is 15.9 Å². The summed E-state index contributed by atoms with van der Waals surface area (Å²) in [6.07, 6.45) is 1.03. The van der Waals surface area contributed by atoms with Crippen LogP contribution in [0, 0.1) is 0 Å². The quantitative estimate of drug-likeness (QED) is 0.313. The normalized spacial score (nSPS) is 10.8. The molecule has 0 aromatic carbocycles. The highest BCUT2D eigenvalue weighted by atomic mass is 35.5. The van der Waals surface area contributed by atoms with Gasteiger partial charge < -0.3 is 10.9 Å². The van der Waals surface area contributed by atoms with Crippen LogP contribution in [0.2, 0.25) is 10.3 Å². The smallest absolute Gasteiger partial charge is 0.222 e. The fourth-order valence-electron chi connectivity index (χ4n) is 0.596. The Labute approximate surface area is 77.8 Å². The zero-order valence-electron chi connectivity index (χ0n) is 5.70. The number of nitrogen functional groups attached to an aromatic ring is 1. The van der Waals surface area contributed by atoms with Gasteiger partial charge in [0.1, 0.15) is 10.3 Å². The van der Waals surface area contributed by atoms with E-state index in [0.29, 0.717) is 0 Å². The van der Waals surface area contributed by atoms with E-state index in [2.05, 4.69) is 15.1 Å². The highest BCUT2D eigenvalue weighted by Crippen LogP contribution is 2.19. The van der Waals surface area contributed by atoms with Gasteiger partial charge in [0.25, 0.3) is 0 Å². The van der Waals surface area contributed by atoms with E-state index in [9.17, 15) is 0 Å². The summed E-state index contributed by atoms with van der Waals surface area (Å²) >= 11 is 11.2. The monoisotopic (exact) mass is 206 g/mol. The number of hydrogen-bond acceptors (Lipinski definition) is 5. The molecule has 0 radical (unpaired) electrons. The van der Waals surface area contributed by atoms with Crippen LogP contribution in [-0.4, -0.2) is 21.4 Å². The predicted octanol–water partition coefficient (Wildman–Crippen LogP) is 1.17. The van der Waals surface area contributed by atoms with Crippen molar-refractivity contribution >= 4 is 35.4 Å². The van der Waals surface area contributed by atoms with Crippen LogP contribution >= 0.6 is 23.2 Å². The molecule has 0 fully saturated rings. The van der Waals surface area contributed by atoms with Gasteiger partial charge in [-0.05, 0) is 0 Å². The highest BCUT2D eigenvalue weighted by molar-refractivity contribution is 6.37. The van der Waals surface area contributed by atoms with Crippen LogP contribution in [-0.2, 0) is 0 Å². The van der Waals surface area contributed by atoms with E-state index < -0.39 is 0 Å². The van der Waals surface area contributed by atoms with E-state index in [1.54, 1.807) is 0 Å². The highest BCUT2D eigenvalue weighted by Gasteiger charge is 2.07. The lowest BCUT2D eigenvalue weighted by molar-refractivity contribution is 0.322. The van der Waals surface area contributed by atoms with E-state index in [0.717, 1.165) is 6.21 Å². The second kappa shape index (κ2) is 3.55. The molecule has 0 spiro atoms. The van der Waals surface area contributed by atoms with Crippen molar-refractivity contribution in [2.45, 2.75) is 0 Å². The van der Waals surface area contributed by atoms with Gasteiger partial charge in [-0.2, -0.15) is 0 Å². The molecule has 0 amide bonds. The molecule has 0 unspecified atom stereocenters. The third-order valence-electron chi connectivity index (χ3n) is 1.06. The number of nitrogens with two attached hydrogens (primary N) is 1. The van der Waals surface area contributed by atoms with Crippen LogP contribution in [0.1, 0.15) is 5.56 Å². The lowest BCUT2D eigenvalue weighted by Crippen LogP contribution is -1.99. The van der Waals surface area contributed by atoms with Gasteiger partial charge in [-0.15, -0.1) is 0 Å². The first kappa shape index (κ1) is 9.02. The van der Waals surface area contributed by atoms with Crippen LogP contribution in [0.3, 0.4) is 0 Å². The van der Waals surface area contributed by atoms with Crippen molar-refractivity contribution < 1.29 is 5.21 Å². The predicted molar refractivity (Wildman–Crippen MR) is 45.8 cm³/mol. The SMILES string of the molecule is Nc1nc(Cl)c(C=NO)c(Cl)n1. The maximum atomic E-state index is 8.20. The van der Waals surface area contributed by atoms with Crippen LogP contribution in [0.5, 0.6) is 0 Å². The molecule has 0 aliphatic rings. The number of rotatable bonds is 1. The van der Waals surface area contributed by atoms with Gasteiger partial charge in [0, 0.05) is 0 Å². The molecule has 12 heavy (non-hydrogen) atoms. The van der Waals surface area contributed by atoms with Gasteiger partial charge in [0.15, 0.2) is 0 Å². The average molecular weight is 207 g/mol. The second-order valence-electron chi connectivity index (χ2n) is 1.82. The van der Waals surface area contributed by atoms with Gasteiger partial charge in [-0.1, -0.05) is 28.4 Å². The molecule has 1 rings (SSSR count). The zero-order chi connectivity index (χ0) is 9.14. The minimum Gasteiger partial charge on any atom is -0.411 e. The van der Waals surface area contributed by atoms with Crippen molar-refractivity contribution in [2.75, 3.05) is 5.73 Å². The number of hydrogen-bond donors (Lipinski definition) is 2. The number of anilines is 1. The molecular weight excluding hydrogens is 203 g/mol. The van der Waals surface area contributed by atoms with Gasteiger partial charge >= 0.3 is 0 Å². The second-order valence-corrected chi connectivity index (χ2v) is 2.54. The van der Waals surface area contributed by atoms with Crippen LogP contribution in [0.15, 0.2) is 5.16 Å². The average Bonchev–Trinajstić information content (AvgIpc) is 1.96. The minimum absolute atomic E-state index is 0.0277. The van der Waals surface area contributed by atoms with Crippen LogP contribution < -0.4 is 5.73 Å². The summed E-state index contributed by atoms with van der Waals surface area (Å²) in [7, 11) is 0. The Morgan fingerprint density at radius 1 is 1.33 bits per heavy atom. The summed E-state index contributed by atoms with van der Waals surface area (Å²) in [6, 6.07) is 0. The van der Waals surface area contributed by atoms with Crippen molar-refractivity contribution in [1.82, 2.24) is 9.97 Å². The Kier molecular flexibility index (Phi) is 2.67. The first-order chi connectivity index (χ1) is 5.65. The van der Waals surface area contributed by atoms with Crippen molar-refractivity contribution in [3.8, 4) is 0 Å². The molecule has 1 aromatic heterocycles. The zero-order valence-corrected chi connectivity index (χ0v) is 7.21. The first-order valence-corrected chi connectivity index (χ1v) is 3.56. The third kappa shape index (κ3) is 1.75. The van der Waals surface area contributed by atoms with Crippen molar-refractivity contribution in [3.63, 3.8) is 0 Å². The topological polar surface area (TPSA) is 84.4 Å². The summed E-state index contributed by atoms with van der Waals surface area (Å²) < 4.78 is 0. The molecule has 64 valence electrons. The van der Waals surface area contributed by atoms with E-state index in [4.69, 9.17) is 34.1 Å². The molecule has 1 heterocycles. The van der Waals surface area contributed by atoms with E-state index in [1.165, 1.54) is 0 Å². The molecule has 0 saturated heterocycles. The number of nitrogens with zero attached hydrogens (tertiary/aromatic N) is 3. The fourth-order valence-corrected chi connectivity index (χ4v) is 1.09. The third-order valence-corrected chi connectivity index (χ3v) is 1.63. The Morgan fingerprint density at radius 3 is 2.25 bits per heavy atom. The molecule has 7 heteroatoms. The van der Waals surface area contributed by atoms with E-state index in [1.807, 2.05) is 0 Å². The largest absolute Gasteiger partial charge is 0.411 e. The molecule has 0 bridgehead atoms. The van der Waals surface area contributed by atoms with Crippen molar-refractivity contribution in [1.29, 1.82) is 0 Å². The lowest BCUT2D eigenvalue weighted by atomic mass is 10.4. The summed E-state index contributed by atoms with van der Waals surface area (Å²) in [5.41, 5.74) is 5.46. The summed E-state index contributed by atoms with van der Waals surface area (Å²) in [5.74, 6) is -0.0277. The van der Waals surface area contributed by atoms with Gasteiger partial charge in [-0.3, -0.25) is 0 Å². The minimum atomic E-state index is -0.0277. The van der Waals surface area contributed by atoms with E-state index >= 15 is 0 Å². The maximum Gasteiger partial charge on any atom is 0.222 e. The Morgan fingerprint density at radius 2 is 1.83 bits per heavy atom. The number of halogens is 2. The Hall–Kier alpha value is -1.07. The van der Waals surface area contributed by atoms with Gasteiger partial charge in [-0.25, -0.2) is 9.97 Å². The molecule has 5 nitrogen and oxygen atoms in total. The molecule has 0 saturated carbocycles. The van der Waals surface area contributed by atoms with Crippen molar-refractivity contribution in [2.24, 2.45) is 5.16 Å². The number of aromatic nitrogens is 2. The molecular formula is C5H4Cl2N4O. The van der Waals surface area contributed by atoms with Crippen LogP contribution in [0.25, 0.3) is 0 Å². The lowest BCUT2D eigenvalue weighted by Gasteiger charge is -1.99. The Balaban J connectivity index is 3.28. The van der Waals surface area contributed by atoms with Gasteiger partial charge in [0.2, 0.25) is 5.95 Å². The number of oxime groups is 1. The molecule has 3 N–H and O–H groups in total. The molecule has 0 aliphatic carbocycles.